The number of hydrogen-bond acceptors (Lipinski definition) is 10. The fourth-order valence-corrected chi connectivity index (χ4v) is 0.843. The monoisotopic (exact) mass is 362 g/mol. The summed E-state index contributed by atoms with van der Waals surface area (Å²) in [5.74, 6) is 0. The summed E-state index contributed by atoms with van der Waals surface area (Å²) in [5, 5.41) is 84.0. The summed E-state index contributed by atoms with van der Waals surface area (Å²) in [6.07, 6.45) is -0.360. The van der Waals surface area contributed by atoms with Gasteiger partial charge in [0.15, 0.2) is 0 Å². The van der Waals surface area contributed by atoms with Crippen LogP contribution in [0.25, 0.3) is 0 Å². The quantitative estimate of drug-likeness (QED) is 0.181. The second kappa shape index (κ2) is 17.4. The molecule has 0 aromatic rings. The third kappa shape index (κ3) is 12.0. The van der Waals surface area contributed by atoms with Gasteiger partial charge in [-0.15, -0.1) is 0 Å². The second-order valence-corrected chi connectivity index (χ2v) is 5.48. The van der Waals surface area contributed by atoms with Crippen molar-refractivity contribution in [3.8, 4) is 0 Å². The van der Waals surface area contributed by atoms with Gasteiger partial charge in [-0.3, -0.25) is 0 Å². The van der Waals surface area contributed by atoms with E-state index in [-0.39, 0.29) is 33.0 Å². The molecule has 0 aromatic carbocycles. The SMILES string of the molecule is CCC(CO)(CO)CO.OCC(CO)(CO)CO.OCC(O)CO. The van der Waals surface area contributed by atoms with Crippen molar-refractivity contribution >= 4 is 0 Å². The van der Waals surface area contributed by atoms with Crippen LogP contribution < -0.4 is 0 Å². The van der Waals surface area contributed by atoms with Gasteiger partial charge in [-0.1, -0.05) is 6.92 Å². The number of aliphatic hydroxyl groups excluding tert-OH is 10. The molecule has 0 aliphatic rings. The summed E-state index contributed by atoms with van der Waals surface area (Å²) in [6.45, 7) is -1.00. The first-order valence-corrected chi connectivity index (χ1v) is 7.46. The van der Waals surface area contributed by atoms with Crippen LogP contribution in [0.4, 0.5) is 0 Å². The summed E-state index contributed by atoms with van der Waals surface area (Å²) >= 11 is 0. The number of hydrogen-bond donors (Lipinski definition) is 10. The van der Waals surface area contributed by atoms with Crippen molar-refractivity contribution in [2.75, 3.05) is 59.5 Å². The van der Waals surface area contributed by atoms with Crippen molar-refractivity contribution in [1.82, 2.24) is 0 Å². The lowest BCUT2D eigenvalue weighted by atomic mass is 9.88. The first-order chi connectivity index (χ1) is 11.3. The largest absolute Gasteiger partial charge is 0.396 e. The predicted molar refractivity (Wildman–Crippen MR) is 84.9 cm³/mol. The molecule has 0 bridgehead atoms. The zero-order chi connectivity index (χ0) is 19.6. The minimum absolute atomic E-state index is 0.156. The van der Waals surface area contributed by atoms with Crippen LogP contribution in [0.5, 0.6) is 0 Å². The average molecular weight is 362 g/mol. The maximum atomic E-state index is 8.66. The van der Waals surface area contributed by atoms with Crippen molar-refractivity contribution in [3.63, 3.8) is 0 Å². The molecule has 0 aliphatic heterocycles. The molecule has 0 fully saturated rings. The maximum Gasteiger partial charge on any atom is 0.100 e. The molecule has 0 saturated heterocycles. The Balaban J connectivity index is -0.000000282. The van der Waals surface area contributed by atoms with Crippen molar-refractivity contribution in [2.24, 2.45) is 10.8 Å². The van der Waals surface area contributed by atoms with Crippen molar-refractivity contribution in [1.29, 1.82) is 0 Å². The second-order valence-electron chi connectivity index (χ2n) is 5.48. The Kier molecular flexibility index (Phi) is 20.6. The van der Waals surface area contributed by atoms with Gasteiger partial charge in [0.2, 0.25) is 0 Å². The topological polar surface area (TPSA) is 202 Å². The highest BCUT2D eigenvalue weighted by Crippen LogP contribution is 2.18. The van der Waals surface area contributed by atoms with E-state index in [1.165, 1.54) is 0 Å². The van der Waals surface area contributed by atoms with E-state index in [4.69, 9.17) is 51.1 Å². The van der Waals surface area contributed by atoms with E-state index in [1.807, 2.05) is 6.92 Å². The van der Waals surface area contributed by atoms with Gasteiger partial charge in [-0.2, -0.15) is 0 Å². The van der Waals surface area contributed by atoms with Crippen LogP contribution in [0.3, 0.4) is 0 Å². The summed E-state index contributed by atoms with van der Waals surface area (Å²) in [4.78, 5) is 0. The van der Waals surface area contributed by atoms with Gasteiger partial charge in [-0.25, -0.2) is 0 Å². The van der Waals surface area contributed by atoms with Crippen molar-refractivity contribution in [2.45, 2.75) is 19.4 Å². The highest BCUT2D eigenvalue weighted by molar-refractivity contribution is 4.75. The zero-order valence-corrected chi connectivity index (χ0v) is 14.1. The molecule has 10 nitrogen and oxygen atoms in total. The highest BCUT2D eigenvalue weighted by Gasteiger charge is 2.26. The van der Waals surface area contributed by atoms with Crippen LogP contribution in [0.15, 0.2) is 0 Å². The van der Waals surface area contributed by atoms with Crippen LogP contribution in [0.1, 0.15) is 13.3 Å². The Morgan fingerprint density at radius 1 is 0.542 bits per heavy atom. The van der Waals surface area contributed by atoms with Crippen molar-refractivity contribution < 1.29 is 51.1 Å². The van der Waals surface area contributed by atoms with Crippen LogP contribution >= 0.6 is 0 Å². The number of rotatable bonds is 10. The third-order valence-electron chi connectivity index (χ3n) is 3.52. The van der Waals surface area contributed by atoms with E-state index in [1.54, 1.807) is 0 Å². The van der Waals surface area contributed by atoms with Gasteiger partial charge in [0, 0.05) is 5.41 Å². The smallest absolute Gasteiger partial charge is 0.100 e. The lowest BCUT2D eigenvalue weighted by molar-refractivity contribution is -0.0328. The van der Waals surface area contributed by atoms with E-state index >= 15 is 0 Å². The molecule has 0 unspecified atom stereocenters. The first-order valence-electron chi connectivity index (χ1n) is 7.46. The molecule has 0 spiro atoms. The van der Waals surface area contributed by atoms with Crippen LogP contribution in [0, 0.1) is 10.8 Å². The van der Waals surface area contributed by atoms with Gasteiger partial charge in [0.05, 0.1) is 64.9 Å². The Hall–Kier alpha value is -0.400. The van der Waals surface area contributed by atoms with E-state index < -0.39 is 43.4 Å². The third-order valence-corrected chi connectivity index (χ3v) is 3.52. The molecule has 0 aliphatic carbocycles. The Morgan fingerprint density at radius 2 is 0.792 bits per heavy atom. The molecule has 0 heterocycles. The minimum Gasteiger partial charge on any atom is -0.396 e. The van der Waals surface area contributed by atoms with Gasteiger partial charge in [-0.05, 0) is 6.42 Å². The normalized spacial score (nSPS) is 11.5. The Morgan fingerprint density at radius 3 is 0.792 bits per heavy atom. The van der Waals surface area contributed by atoms with Gasteiger partial charge in [0.1, 0.15) is 6.10 Å². The standard InChI is InChI=1S/C6H14O3.C5H12O4.C3H8O3/c1-2-6(3-7,4-8)5-9;6-1-5(2-7,3-8)4-9;4-1-3(6)2-5/h7-9H,2-5H2,1H3;6-9H,1-4H2;3-6H,1-2H2. The molecule has 10 N–H and O–H groups in total. The lowest BCUT2D eigenvalue weighted by Crippen LogP contribution is -2.37. The fourth-order valence-electron chi connectivity index (χ4n) is 0.843. The molecule has 150 valence electrons. The van der Waals surface area contributed by atoms with E-state index in [2.05, 4.69) is 0 Å². The van der Waals surface area contributed by atoms with Crippen LogP contribution in [0.2, 0.25) is 0 Å². The molecule has 0 atom stereocenters. The Labute approximate surface area is 141 Å². The van der Waals surface area contributed by atoms with E-state index in [0.717, 1.165) is 0 Å². The predicted octanol–water partition coefficient (Wildman–Crippen LogP) is -4.37. The molecule has 0 aromatic heterocycles. The molecule has 10 heteroatoms. The van der Waals surface area contributed by atoms with Crippen LogP contribution in [-0.2, 0) is 0 Å². The molecule has 0 rings (SSSR count). The summed E-state index contributed by atoms with van der Waals surface area (Å²) in [7, 11) is 0. The van der Waals surface area contributed by atoms with E-state index in [9.17, 15) is 0 Å². The molecule has 0 radical (unpaired) electrons. The summed E-state index contributed by atoms with van der Waals surface area (Å²) in [6, 6.07) is 0. The summed E-state index contributed by atoms with van der Waals surface area (Å²) in [5.41, 5.74) is -1.78. The van der Waals surface area contributed by atoms with Gasteiger partial charge < -0.3 is 51.1 Å². The molecule has 24 heavy (non-hydrogen) atoms. The minimum atomic E-state index is -1.11. The van der Waals surface area contributed by atoms with Crippen molar-refractivity contribution in [3.05, 3.63) is 0 Å². The van der Waals surface area contributed by atoms with Crippen LogP contribution in [-0.4, -0.2) is 117 Å². The highest BCUT2D eigenvalue weighted by atomic mass is 16.3. The summed E-state index contributed by atoms with van der Waals surface area (Å²) < 4.78 is 0. The molecule has 0 amide bonds. The maximum absolute atomic E-state index is 8.66. The van der Waals surface area contributed by atoms with E-state index in [0.29, 0.717) is 6.42 Å². The number of aliphatic hydroxyl groups is 10. The first kappa shape index (κ1) is 28.4. The molecule has 0 saturated carbocycles. The van der Waals surface area contributed by atoms with Gasteiger partial charge in [0.25, 0.3) is 0 Å². The average Bonchev–Trinajstić information content (AvgIpc) is 2.67. The Bertz CT molecular complexity index is 185. The zero-order valence-electron chi connectivity index (χ0n) is 14.1. The molecular formula is C14H34O10. The lowest BCUT2D eigenvalue weighted by Gasteiger charge is -2.24. The fraction of sp³-hybridized carbons (Fsp3) is 1.00. The molecular weight excluding hydrogens is 328 g/mol. The van der Waals surface area contributed by atoms with Gasteiger partial charge >= 0.3 is 0 Å².